The molecule has 5 aromatic rings. The van der Waals surface area contributed by atoms with Crippen LogP contribution in [0.2, 0.25) is 5.02 Å². The third-order valence-corrected chi connectivity index (χ3v) is 11.6. The SMILES string of the molecule is COC(=O)N1CC[C@H](N2CCC(c3nn(C)c4ccc(-c5nc6cc(C)c([C@H](OC(C)(C)C)C(=O)O)c(-c7ccc(Cl)cc7)c6s5)cc34)CC2)C1. The van der Waals surface area contributed by atoms with E-state index in [0.717, 1.165) is 99.5 Å². The second-order valence-electron chi connectivity index (χ2n) is 14.7. The molecule has 2 aliphatic heterocycles. The number of carboxylic acids is 1. The van der Waals surface area contributed by atoms with Crippen molar-refractivity contribution in [1.29, 1.82) is 0 Å². The highest BCUT2D eigenvalue weighted by Gasteiger charge is 2.35. The first-order valence-electron chi connectivity index (χ1n) is 17.5. The Kier molecular flexibility index (Phi) is 9.60. The summed E-state index contributed by atoms with van der Waals surface area (Å²) in [5.74, 6) is -0.717. The van der Waals surface area contributed by atoms with Gasteiger partial charge in [-0.1, -0.05) is 23.7 Å². The molecule has 0 spiro atoms. The molecule has 0 unspecified atom stereocenters. The van der Waals surface area contributed by atoms with E-state index in [9.17, 15) is 14.7 Å². The minimum Gasteiger partial charge on any atom is -0.479 e. The lowest BCUT2D eigenvalue weighted by Gasteiger charge is -2.35. The van der Waals surface area contributed by atoms with E-state index < -0.39 is 17.7 Å². The molecule has 7 rings (SSSR count). The van der Waals surface area contributed by atoms with Crippen LogP contribution < -0.4 is 0 Å². The van der Waals surface area contributed by atoms with Crippen LogP contribution in [0.25, 0.3) is 42.8 Å². The Morgan fingerprint density at radius 1 is 1.02 bits per heavy atom. The van der Waals surface area contributed by atoms with Gasteiger partial charge < -0.3 is 19.5 Å². The van der Waals surface area contributed by atoms with Gasteiger partial charge in [0, 0.05) is 59.2 Å². The average Bonchev–Trinajstić information content (AvgIpc) is 3.84. The Morgan fingerprint density at radius 3 is 2.39 bits per heavy atom. The number of carboxylic acid groups (broad SMARTS) is 1. The number of halogens is 1. The number of nitrogens with zero attached hydrogens (tertiary/aromatic N) is 5. The van der Waals surface area contributed by atoms with Crippen LogP contribution in [-0.4, -0.2) is 86.7 Å². The van der Waals surface area contributed by atoms with Gasteiger partial charge in [0.15, 0.2) is 6.10 Å². The topological polar surface area (TPSA) is 110 Å². The molecule has 0 saturated carbocycles. The monoisotopic (exact) mass is 729 g/mol. The lowest BCUT2D eigenvalue weighted by atomic mass is 9.90. The molecule has 1 N–H and O–H groups in total. The third kappa shape index (κ3) is 6.96. The zero-order valence-electron chi connectivity index (χ0n) is 29.9. The first-order valence-corrected chi connectivity index (χ1v) is 18.6. The van der Waals surface area contributed by atoms with Gasteiger partial charge in [-0.2, -0.15) is 5.10 Å². The molecule has 2 fully saturated rings. The van der Waals surface area contributed by atoms with Crippen molar-refractivity contribution in [3.63, 3.8) is 0 Å². The number of carbonyl (C=O) groups excluding carboxylic acids is 1. The number of thiazole rings is 1. The van der Waals surface area contributed by atoms with E-state index in [-0.39, 0.29) is 6.09 Å². The van der Waals surface area contributed by atoms with E-state index in [2.05, 4.69) is 23.1 Å². The lowest BCUT2D eigenvalue weighted by Crippen LogP contribution is -2.43. The summed E-state index contributed by atoms with van der Waals surface area (Å²) in [5, 5.41) is 18.1. The van der Waals surface area contributed by atoms with Crippen LogP contribution in [-0.2, 0) is 21.3 Å². The van der Waals surface area contributed by atoms with Gasteiger partial charge in [-0.3, -0.25) is 9.58 Å². The molecule has 268 valence electrons. The third-order valence-electron chi connectivity index (χ3n) is 10.2. The molecule has 0 radical (unpaired) electrons. The maximum Gasteiger partial charge on any atom is 0.409 e. The van der Waals surface area contributed by atoms with Gasteiger partial charge in [0.2, 0.25) is 0 Å². The van der Waals surface area contributed by atoms with Crippen LogP contribution in [0.3, 0.4) is 0 Å². The summed E-state index contributed by atoms with van der Waals surface area (Å²) in [6.45, 7) is 10.9. The Bertz CT molecular complexity index is 2110. The summed E-state index contributed by atoms with van der Waals surface area (Å²) < 4.78 is 14.0. The highest BCUT2D eigenvalue weighted by molar-refractivity contribution is 7.22. The van der Waals surface area contributed by atoms with Crippen molar-refractivity contribution in [2.75, 3.05) is 33.3 Å². The molecule has 0 bridgehead atoms. The number of fused-ring (bicyclic) bond motifs is 2. The van der Waals surface area contributed by atoms with E-state index in [0.29, 0.717) is 22.5 Å². The van der Waals surface area contributed by atoms with Crippen molar-refractivity contribution >= 4 is 56.1 Å². The number of aryl methyl sites for hydroxylation is 2. The zero-order chi connectivity index (χ0) is 36.2. The number of methoxy groups -OCH3 is 1. The Balaban J connectivity index is 1.24. The highest BCUT2D eigenvalue weighted by atomic mass is 35.5. The fourth-order valence-corrected chi connectivity index (χ4v) is 9.01. The molecular weight excluding hydrogens is 686 g/mol. The van der Waals surface area contributed by atoms with Crippen LogP contribution in [0.4, 0.5) is 4.79 Å². The van der Waals surface area contributed by atoms with Crippen molar-refractivity contribution in [1.82, 2.24) is 24.6 Å². The van der Waals surface area contributed by atoms with Crippen molar-refractivity contribution < 1.29 is 24.2 Å². The number of benzene rings is 3. The first kappa shape index (κ1) is 35.4. The Morgan fingerprint density at radius 2 is 1.73 bits per heavy atom. The normalized spacial score (nSPS) is 18.2. The number of carbonyl (C=O) groups is 2. The number of amides is 1. The van der Waals surface area contributed by atoms with E-state index in [4.69, 9.17) is 31.2 Å². The van der Waals surface area contributed by atoms with Crippen LogP contribution in [0.15, 0.2) is 48.5 Å². The summed E-state index contributed by atoms with van der Waals surface area (Å²) in [6, 6.07) is 16.3. The predicted molar refractivity (Wildman–Crippen MR) is 202 cm³/mol. The second kappa shape index (κ2) is 13.8. The summed E-state index contributed by atoms with van der Waals surface area (Å²) in [4.78, 5) is 34.3. The van der Waals surface area contributed by atoms with Crippen molar-refractivity contribution in [2.24, 2.45) is 7.05 Å². The smallest absolute Gasteiger partial charge is 0.409 e. The Labute approximate surface area is 306 Å². The zero-order valence-corrected chi connectivity index (χ0v) is 31.5. The Hall–Kier alpha value is -4.03. The summed E-state index contributed by atoms with van der Waals surface area (Å²) in [7, 11) is 3.44. The van der Waals surface area contributed by atoms with E-state index in [1.54, 1.807) is 16.2 Å². The van der Waals surface area contributed by atoms with E-state index in [1.165, 1.54) is 7.11 Å². The molecule has 2 saturated heterocycles. The van der Waals surface area contributed by atoms with Crippen LogP contribution in [0, 0.1) is 6.92 Å². The number of rotatable bonds is 7. The van der Waals surface area contributed by atoms with Gasteiger partial charge >= 0.3 is 12.1 Å². The minimum atomic E-state index is -1.17. The molecule has 3 aromatic carbocycles. The molecule has 51 heavy (non-hydrogen) atoms. The molecule has 4 heterocycles. The largest absolute Gasteiger partial charge is 0.479 e. The molecule has 10 nitrogen and oxygen atoms in total. The average molecular weight is 730 g/mol. The van der Waals surface area contributed by atoms with Crippen molar-refractivity contribution in [3.8, 4) is 21.7 Å². The minimum absolute atomic E-state index is 0.243. The fraction of sp³-hybridized carbons (Fsp3) is 0.436. The number of hydrogen-bond acceptors (Lipinski definition) is 8. The number of aromatic nitrogens is 3. The van der Waals surface area contributed by atoms with Gasteiger partial charge in [-0.05, 0) is 108 Å². The summed E-state index contributed by atoms with van der Waals surface area (Å²) >= 11 is 7.85. The van der Waals surface area contributed by atoms with Crippen molar-refractivity contribution in [2.45, 2.75) is 70.6 Å². The van der Waals surface area contributed by atoms with Crippen LogP contribution in [0.1, 0.15) is 68.9 Å². The molecule has 0 aliphatic carbocycles. The molecular formula is C39H44ClN5O5S. The fourth-order valence-electron chi connectivity index (χ4n) is 7.76. The number of ether oxygens (including phenoxy) is 2. The standard InChI is InChI=1S/C39H44ClN5O5S/c1-22-19-29-35(32(23-7-10-26(40)11-8-23)31(22)34(37(46)47)50-39(2,3)4)51-36(41-29)25-9-12-30-28(20-25)33(42-43(30)5)24-13-16-44(17-14-24)27-15-18-45(21-27)38(48)49-6/h7-12,19-20,24,27,34H,13-18,21H2,1-6H3,(H,46,47)/t27-,34-/m0/s1. The number of likely N-dealkylation sites (tertiary alicyclic amines) is 2. The van der Waals surface area contributed by atoms with Crippen molar-refractivity contribution in [3.05, 3.63) is 70.4 Å². The second-order valence-corrected chi connectivity index (χ2v) is 16.1. The number of piperidine rings is 1. The molecule has 1 amide bonds. The first-order chi connectivity index (χ1) is 24.3. The number of hydrogen-bond donors (Lipinski definition) is 1. The number of aliphatic carboxylic acids is 1. The van der Waals surface area contributed by atoms with Gasteiger partial charge in [0.05, 0.1) is 34.1 Å². The molecule has 2 atom stereocenters. The maximum absolute atomic E-state index is 12.8. The summed E-state index contributed by atoms with van der Waals surface area (Å²) in [5.41, 5.74) is 6.37. The van der Waals surface area contributed by atoms with Gasteiger partial charge in [-0.15, -0.1) is 11.3 Å². The van der Waals surface area contributed by atoms with Gasteiger partial charge in [0.25, 0.3) is 0 Å². The van der Waals surface area contributed by atoms with Gasteiger partial charge in [0.1, 0.15) is 5.01 Å². The van der Waals surface area contributed by atoms with E-state index in [1.807, 2.05) is 69.8 Å². The van der Waals surface area contributed by atoms with Gasteiger partial charge in [-0.25, -0.2) is 14.6 Å². The lowest BCUT2D eigenvalue weighted by molar-refractivity contribution is -0.160. The molecule has 12 heteroatoms. The maximum atomic E-state index is 12.8. The van der Waals surface area contributed by atoms with Crippen LogP contribution in [0.5, 0.6) is 0 Å². The van der Waals surface area contributed by atoms with E-state index >= 15 is 0 Å². The highest BCUT2D eigenvalue weighted by Crippen LogP contribution is 2.45. The molecule has 2 aliphatic rings. The summed E-state index contributed by atoms with van der Waals surface area (Å²) in [6.07, 6.45) is 1.55. The quantitative estimate of drug-likeness (QED) is 0.178. The predicted octanol–water partition coefficient (Wildman–Crippen LogP) is 8.44. The molecule has 2 aromatic heterocycles. The van der Waals surface area contributed by atoms with Crippen LogP contribution >= 0.6 is 22.9 Å².